The first-order valence-corrected chi connectivity index (χ1v) is 19.4. The van der Waals surface area contributed by atoms with Crippen LogP contribution in [0.4, 0.5) is 0 Å². The average molecular weight is 775 g/mol. The zero-order valence-electron chi connectivity index (χ0n) is 30.2. The SMILES string of the molecule is C=CCCC(=O)N[C@@H](COC)[C@@H](OC(=O)[C@H]1[C@@H]2O[C@@]3(CC2Br)[C@@H]1C(=O)N(CCCCCCO)[C@@H]3C(=O)N(CC=C)CCCCC)c1ccccc1. The number of ether oxygens (including phenoxy) is 3. The molecular formula is C39H56BrN3O8. The van der Waals surface area contributed by atoms with E-state index in [1.54, 1.807) is 22.0 Å². The van der Waals surface area contributed by atoms with Gasteiger partial charge in [0.2, 0.25) is 17.7 Å². The standard InChI is InChI=1S/C39H56BrN3O8/c1-5-8-15-22-42(21-7-3)37(47)35-39-25-28(40)34(51-39)31(32(39)36(46)43(35)23-16-10-11-17-24-44)38(48)50-33(27-18-13-12-14-19-27)29(26-49-4)41-30(45)20-9-6-2/h6-7,12-14,18-19,28-29,31-35,44H,2-3,5,8-11,15-17,20-26H2,1,4H3,(H,41,45)/t28?,29-,31+,32-,33-,34+,35+,39-/m0/s1. The summed E-state index contributed by atoms with van der Waals surface area (Å²) in [6.45, 7) is 11.1. The first-order valence-electron chi connectivity index (χ1n) is 18.5. The van der Waals surface area contributed by atoms with Crippen molar-refractivity contribution in [2.24, 2.45) is 11.8 Å². The van der Waals surface area contributed by atoms with Crippen LogP contribution in [0, 0.1) is 11.8 Å². The van der Waals surface area contributed by atoms with Gasteiger partial charge in [0.1, 0.15) is 17.7 Å². The molecule has 282 valence electrons. The van der Waals surface area contributed by atoms with Gasteiger partial charge in [0.15, 0.2) is 0 Å². The Morgan fingerprint density at radius 2 is 1.88 bits per heavy atom. The summed E-state index contributed by atoms with van der Waals surface area (Å²) in [5.74, 6) is -3.24. The molecule has 1 aromatic rings. The molecule has 1 unspecified atom stereocenters. The van der Waals surface area contributed by atoms with Crippen molar-refractivity contribution in [3.05, 3.63) is 61.2 Å². The highest BCUT2D eigenvalue weighted by Crippen LogP contribution is 2.60. The number of carbonyl (C=O) groups is 4. The monoisotopic (exact) mass is 773 g/mol. The van der Waals surface area contributed by atoms with E-state index in [1.807, 2.05) is 30.3 Å². The summed E-state index contributed by atoms with van der Waals surface area (Å²) in [6, 6.07) is 7.53. The molecule has 3 heterocycles. The number of alkyl halides is 1. The molecule has 0 aromatic heterocycles. The number of nitrogens with one attached hydrogen (secondary N) is 1. The largest absolute Gasteiger partial charge is 0.455 e. The Morgan fingerprint density at radius 1 is 1.14 bits per heavy atom. The number of aliphatic hydroxyl groups excluding tert-OH is 1. The summed E-state index contributed by atoms with van der Waals surface area (Å²) in [5, 5.41) is 12.3. The van der Waals surface area contributed by atoms with Crippen molar-refractivity contribution in [2.45, 2.75) is 106 Å². The number of unbranched alkanes of at least 4 members (excludes halogenated alkanes) is 5. The number of esters is 1. The van der Waals surface area contributed by atoms with E-state index in [0.29, 0.717) is 50.9 Å². The number of allylic oxidation sites excluding steroid dienone is 1. The topological polar surface area (TPSA) is 135 Å². The molecule has 3 amide bonds. The van der Waals surface area contributed by atoms with Crippen LogP contribution in [-0.4, -0.2) is 107 Å². The van der Waals surface area contributed by atoms with Gasteiger partial charge >= 0.3 is 5.97 Å². The number of likely N-dealkylation sites (tertiary alicyclic amines) is 1. The van der Waals surface area contributed by atoms with Gasteiger partial charge in [-0.3, -0.25) is 19.2 Å². The molecule has 4 rings (SSSR count). The Hall–Kier alpha value is -3.06. The lowest BCUT2D eigenvalue weighted by atomic mass is 9.70. The number of carbonyl (C=O) groups excluding carboxylic acids is 4. The highest BCUT2D eigenvalue weighted by molar-refractivity contribution is 9.09. The van der Waals surface area contributed by atoms with Crippen molar-refractivity contribution in [3.63, 3.8) is 0 Å². The van der Waals surface area contributed by atoms with E-state index in [0.717, 1.165) is 32.1 Å². The van der Waals surface area contributed by atoms with E-state index in [2.05, 4.69) is 41.3 Å². The molecule has 3 saturated heterocycles. The minimum absolute atomic E-state index is 0.0719. The molecule has 3 aliphatic heterocycles. The average Bonchev–Trinajstić information content (AvgIpc) is 3.72. The fourth-order valence-corrected chi connectivity index (χ4v) is 8.91. The van der Waals surface area contributed by atoms with Crippen LogP contribution < -0.4 is 5.32 Å². The lowest BCUT2D eigenvalue weighted by molar-refractivity contribution is -0.163. The third kappa shape index (κ3) is 9.30. The Labute approximate surface area is 311 Å². The third-order valence-electron chi connectivity index (χ3n) is 10.3. The van der Waals surface area contributed by atoms with Crippen LogP contribution in [0.2, 0.25) is 0 Å². The molecular weight excluding hydrogens is 718 g/mol. The first kappa shape index (κ1) is 40.7. The molecule has 0 saturated carbocycles. The van der Waals surface area contributed by atoms with Gasteiger partial charge in [0.25, 0.3) is 0 Å². The molecule has 2 N–H and O–H groups in total. The van der Waals surface area contributed by atoms with Crippen molar-refractivity contribution in [1.29, 1.82) is 0 Å². The number of aliphatic hydroxyl groups is 1. The van der Waals surface area contributed by atoms with Crippen molar-refractivity contribution < 1.29 is 38.5 Å². The highest BCUT2D eigenvalue weighted by Gasteiger charge is 2.77. The van der Waals surface area contributed by atoms with Gasteiger partial charge in [-0.15, -0.1) is 13.2 Å². The summed E-state index contributed by atoms with van der Waals surface area (Å²) in [4.78, 5) is 59.8. The van der Waals surface area contributed by atoms with Crippen molar-refractivity contribution in [3.8, 4) is 0 Å². The molecule has 1 aromatic carbocycles. The Kier molecular flexibility index (Phi) is 15.7. The molecule has 0 aliphatic carbocycles. The fraction of sp³-hybridized carbons (Fsp3) is 0.641. The molecule has 3 aliphatic rings. The molecule has 2 bridgehead atoms. The van der Waals surface area contributed by atoms with Crippen LogP contribution in [0.1, 0.15) is 82.8 Å². The van der Waals surface area contributed by atoms with E-state index < -0.39 is 47.7 Å². The van der Waals surface area contributed by atoms with Crippen molar-refractivity contribution in [1.82, 2.24) is 15.1 Å². The quantitative estimate of drug-likeness (QED) is 0.0697. The number of hydrogen-bond acceptors (Lipinski definition) is 8. The zero-order valence-corrected chi connectivity index (χ0v) is 31.8. The number of halogens is 1. The lowest BCUT2D eigenvalue weighted by Gasteiger charge is -2.37. The first-order chi connectivity index (χ1) is 24.7. The molecule has 8 atom stereocenters. The number of benzene rings is 1. The smallest absolute Gasteiger partial charge is 0.313 e. The van der Waals surface area contributed by atoms with Crippen molar-refractivity contribution in [2.75, 3.05) is 40.0 Å². The van der Waals surface area contributed by atoms with E-state index in [4.69, 9.17) is 14.2 Å². The van der Waals surface area contributed by atoms with E-state index in [1.165, 1.54) is 7.11 Å². The van der Waals surface area contributed by atoms with Crippen LogP contribution in [0.15, 0.2) is 55.6 Å². The van der Waals surface area contributed by atoms with Gasteiger partial charge in [-0.25, -0.2) is 0 Å². The highest BCUT2D eigenvalue weighted by atomic mass is 79.9. The number of amides is 3. The second-order valence-corrected chi connectivity index (χ2v) is 15.0. The minimum Gasteiger partial charge on any atom is -0.455 e. The van der Waals surface area contributed by atoms with E-state index >= 15 is 0 Å². The molecule has 0 radical (unpaired) electrons. The molecule has 51 heavy (non-hydrogen) atoms. The Morgan fingerprint density at radius 3 is 2.55 bits per heavy atom. The van der Waals surface area contributed by atoms with E-state index in [9.17, 15) is 24.3 Å². The maximum atomic E-state index is 14.6. The van der Waals surface area contributed by atoms with Gasteiger partial charge in [0.05, 0.1) is 30.6 Å². The number of hydrogen-bond donors (Lipinski definition) is 2. The molecule has 12 heteroatoms. The Bertz CT molecular complexity index is 1350. The molecule has 11 nitrogen and oxygen atoms in total. The predicted molar refractivity (Wildman–Crippen MR) is 198 cm³/mol. The lowest BCUT2D eigenvalue weighted by Crippen LogP contribution is -2.57. The van der Waals surface area contributed by atoms with Crippen LogP contribution >= 0.6 is 15.9 Å². The number of fused-ring (bicyclic) bond motifs is 1. The second kappa shape index (κ2) is 19.7. The number of methoxy groups -OCH3 is 1. The normalized spacial score (nSPS) is 26.0. The van der Waals surface area contributed by atoms with Gasteiger partial charge in [-0.2, -0.15) is 0 Å². The summed E-state index contributed by atoms with van der Waals surface area (Å²) >= 11 is 3.76. The number of rotatable bonds is 23. The Balaban J connectivity index is 1.69. The van der Waals surface area contributed by atoms with Crippen LogP contribution in [0.25, 0.3) is 0 Å². The van der Waals surface area contributed by atoms with Gasteiger partial charge in [-0.05, 0) is 37.7 Å². The predicted octanol–water partition coefficient (Wildman–Crippen LogP) is 4.87. The summed E-state index contributed by atoms with van der Waals surface area (Å²) in [6.07, 6.45) is 8.52. The van der Waals surface area contributed by atoms with Gasteiger partial charge in [-0.1, -0.05) is 91.0 Å². The van der Waals surface area contributed by atoms with Crippen LogP contribution in [0.3, 0.4) is 0 Å². The van der Waals surface area contributed by atoms with Gasteiger partial charge in [0, 0.05) is 44.6 Å². The fourth-order valence-electron chi connectivity index (χ4n) is 7.96. The van der Waals surface area contributed by atoms with E-state index in [-0.39, 0.29) is 42.2 Å². The summed E-state index contributed by atoms with van der Waals surface area (Å²) in [5.41, 5.74) is -0.562. The summed E-state index contributed by atoms with van der Waals surface area (Å²) < 4.78 is 18.6. The second-order valence-electron chi connectivity index (χ2n) is 13.8. The van der Waals surface area contributed by atoms with Crippen molar-refractivity contribution >= 4 is 39.6 Å². The summed E-state index contributed by atoms with van der Waals surface area (Å²) in [7, 11) is 1.51. The minimum atomic E-state index is -1.22. The van der Waals surface area contributed by atoms with Crippen LogP contribution in [0.5, 0.6) is 0 Å². The van der Waals surface area contributed by atoms with Gasteiger partial charge < -0.3 is 34.4 Å². The molecule has 3 fully saturated rings. The van der Waals surface area contributed by atoms with Crippen LogP contribution in [-0.2, 0) is 33.4 Å². The number of nitrogens with zero attached hydrogens (tertiary/aromatic N) is 2. The maximum Gasteiger partial charge on any atom is 0.313 e. The molecule has 1 spiro atoms. The maximum absolute atomic E-state index is 14.6. The zero-order chi connectivity index (χ0) is 37.0. The third-order valence-corrected chi connectivity index (χ3v) is 11.1.